The maximum atomic E-state index is 13.1. The Balaban J connectivity index is 2.44. The first-order valence-corrected chi connectivity index (χ1v) is 4.76. The van der Waals surface area contributed by atoms with Crippen LogP contribution in [0.15, 0.2) is 18.2 Å². The van der Waals surface area contributed by atoms with Gasteiger partial charge >= 0.3 is 5.97 Å². The number of carboxylic acid groups (broad SMARTS) is 1. The summed E-state index contributed by atoms with van der Waals surface area (Å²) in [5.74, 6) is -2.55. The summed E-state index contributed by atoms with van der Waals surface area (Å²) in [5, 5.41) is 8.38. The lowest BCUT2D eigenvalue weighted by atomic mass is 10.1. The van der Waals surface area contributed by atoms with E-state index >= 15 is 0 Å². The summed E-state index contributed by atoms with van der Waals surface area (Å²) in [6, 6.07) is 4.03. The smallest absolute Gasteiger partial charge is 0.303 e. The molecule has 82 valence electrons. The van der Waals surface area contributed by atoms with E-state index in [1.54, 1.807) is 0 Å². The molecule has 1 N–H and O–H groups in total. The average molecular weight is 214 g/mol. The quantitative estimate of drug-likeness (QED) is 0.765. The van der Waals surface area contributed by atoms with Crippen molar-refractivity contribution in [3.63, 3.8) is 0 Å². The molecule has 0 saturated carbocycles. The van der Waals surface area contributed by atoms with Gasteiger partial charge in [-0.2, -0.15) is 0 Å². The van der Waals surface area contributed by atoms with E-state index in [1.165, 1.54) is 12.1 Å². The Kier molecular flexibility index (Phi) is 4.21. The van der Waals surface area contributed by atoms with Gasteiger partial charge in [-0.05, 0) is 30.9 Å². The van der Waals surface area contributed by atoms with E-state index in [-0.39, 0.29) is 6.42 Å². The van der Waals surface area contributed by atoms with Crippen LogP contribution >= 0.6 is 0 Å². The SMILES string of the molecule is O=C(O)CCCCc1cccc(F)c1F. The van der Waals surface area contributed by atoms with Crippen molar-refractivity contribution in [2.45, 2.75) is 25.7 Å². The number of unbranched alkanes of at least 4 members (excludes halogenated alkanes) is 1. The van der Waals surface area contributed by atoms with Crippen LogP contribution < -0.4 is 0 Å². The third kappa shape index (κ3) is 3.65. The molecule has 0 aliphatic carbocycles. The van der Waals surface area contributed by atoms with E-state index in [0.29, 0.717) is 24.8 Å². The Morgan fingerprint density at radius 1 is 1.27 bits per heavy atom. The molecule has 0 bridgehead atoms. The summed E-state index contributed by atoms with van der Waals surface area (Å²) in [4.78, 5) is 10.2. The van der Waals surface area contributed by atoms with Gasteiger partial charge in [0.25, 0.3) is 0 Å². The second-order valence-electron chi connectivity index (χ2n) is 3.31. The van der Waals surface area contributed by atoms with Gasteiger partial charge in [0.15, 0.2) is 11.6 Å². The minimum atomic E-state index is -0.866. The van der Waals surface area contributed by atoms with Crippen LogP contribution in [0.2, 0.25) is 0 Å². The van der Waals surface area contributed by atoms with Gasteiger partial charge in [-0.25, -0.2) is 8.78 Å². The monoisotopic (exact) mass is 214 g/mol. The molecule has 0 spiro atoms. The Morgan fingerprint density at radius 2 is 2.00 bits per heavy atom. The zero-order valence-corrected chi connectivity index (χ0v) is 8.17. The number of hydrogen-bond donors (Lipinski definition) is 1. The van der Waals surface area contributed by atoms with Crippen molar-refractivity contribution < 1.29 is 18.7 Å². The van der Waals surface area contributed by atoms with Crippen LogP contribution in [0.25, 0.3) is 0 Å². The van der Waals surface area contributed by atoms with E-state index in [2.05, 4.69) is 0 Å². The summed E-state index contributed by atoms with van der Waals surface area (Å²) in [5.41, 5.74) is 0.306. The molecule has 0 unspecified atom stereocenters. The molecule has 15 heavy (non-hydrogen) atoms. The maximum Gasteiger partial charge on any atom is 0.303 e. The van der Waals surface area contributed by atoms with Crippen molar-refractivity contribution >= 4 is 5.97 Å². The van der Waals surface area contributed by atoms with E-state index in [1.807, 2.05) is 0 Å². The highest BCUT2D eigenvalue weighted by molar-refractivity contribution is 5.66. The van der Waals surface area contributed by atoms with Gasteiger partial charge in [0.05, 0.1) is 0 Å². The minimum absolute atomic E-state index is 0.0664. The molecule has 1 aromatic rings. The molecule has 0 saturated heterocycles. The van der Waals surface area contributed by atoms with Crippen LogP contribution in [0.1, 0.15) is 24.8 Å². The molecule has 2 nitrogen and oxygen atoms in total. The maximum absolute atomic E-state index is 13.1. The number of hydrogen-bond acceptors (Lipinski definition) is 1. The molecule has 0 radical (unpaired) electrons. The summed E-state index contributed by atoms with van der Waals surface area (Å²) in [7, 11) is 0. The van der Waals surface area contributed by atoms with Crippen LogP contribution in [0.5, 0.6) is 0 Å². The van der Waals surface area contributed by atoms with Gasteiger partial charge in [0.1, 0.15) is 0 Å². The fourth-order valence-corrected chi connectivity index (χ4v) is 1.33. The standard InChI is InChI=1S/C11H12F2O2/c12-9-6-3-5-8(11(9)13)4-1-2-7-10(14)15/h3,5-6H,1-2,4,7H2,(H,14,15). The Labute approximate surface area is 86.5 Å². The van der Waals surface area contributed by atoms with Crippen molar-refractivity contribution in [3.8, 4) is 0 Å². The van der Waals surface area contributed by atoms with Gasteiger partial charge in [0.2, 0.25) is 0 Å². The Bertz CT molecular complexity index is 350. The number of aliphatic carboxylic acids is 1. The lowest BCUT2D eigenvalue weighted by molar-refractivity contribution is -0.137. The third-order valence-electron chi connectivity index (χ3n) is 2.12. The van der Waals surface area contributed by atoms with E-state index in [4.69, 9.17) is 5.11 Å². The zero-order chi connectivity index (χ0) is 11.3. The van der Waals surface area contributed by atoms with Crippen LogP contribution in [-0.2, 0) is 11.2 Å². The summed E-state index contributed by atoms with van der Waals surface area (Å²) in [6.45, 7) is 0. The lowest BCUT2D eigenvalue weighted by Crippen LogP contribution is -1.97. The molecule has 4 heteroatoms. The lowest BCUT2D eigenvalue weighted by Gasteiger charge is -2.02. The van der Waals surface area contributed by atoms with Gasteiger partial charge < -0.3 is 5.11 Å². The molecule has 0 aliphatic heterocycles. The number of halogens is 2. The van der Waals surface area contributed by atoms with E-state index in [9.17, 15) is 13.6 Å². The van der Waals surface area contributed by atoms with Crippen molar-refractivity contribution in [1.29, 1.82) is 0 Å². The van der Waals surface area contributed by atoms with E-state index < -0.39 is 17.6 Å². The Morgan fingerprint density at radius 3 is 2.67 bits per heavy atom. The molecular formula is C11H12F2O2. The highest BCUT2D eigenvalue weighted by Crippen LogP contribution is 2.14. The van der Waals surface area contributed by atoms with Gasteiger partial charge in [-0.3, -0.25) is 4.79 Å². The fourth-order valence-electron chi connectivity index (χ4n) is 1.33. The number of carboxylic acids is 1. The summed E-state index contributed by atoms with van der Waals surface area (Å²) < 4.78 is 25.8. The highest BCUT2D eigenvalue weighted by atomic mass is 19.2. The van der Waals surface area contributed by atoms with Gasteiger partial charge in [-0.1, -0.05) is 12.1 Å². The third-order valence-corrected chi connectivity index (χ3v) is 2.12. The predicted octanol–water partition coefficient (Wildman–Crippen LogP) is 2.76. The molecule has 0 aliphatic rings. The van der Waals surface area contributed by atoms with E-state index in [0.717, 1.165) is 6.07 Å². The summed E-state index contributed by atoms with van der Waals surface area (Å²) >= 11 is 0. The average Bonchev–Trinajstić information content (AvgIpc) is 2.18. The van der Waals surface area contributed by atoms with Crippen molar-refractivity contribution in [3.05, 3.63) is 35.4 Å². The van der Waals surface area contributed by atoms with Crippen molar-refractivity contribution in [2.75, 3.05) is 0 Å². The van der Waals surface area contributed by atoms with Crippen LogP contribution in [0.4, 0.5) is 8.78 Å². The van der Waals surface area contributed by atoms with Gasteiger partial charge in [0, 0.05) is 6.42 Å². The molecule has 1 rings (SSSR count). The predicted molar refractivity (Wildman–Crippen MR) is 51.5 cm³/mol. The highest BCUT2D eigenvalue weighted by Gasteiger charge is 2.07. The second-order valence-corrected chi connectivity index (χ2v) is 3.31. The molecule has 0 atom stereocenters. The summed E-state index contributed by atoms with van der Waals surface area (Å²) in [6.07, 6.45) is 1.46. The first kappa shape index (κ1) is 11.6. The molecular weight excluding hydrogens is 202 g/mol. The molecule has 0 amide bonds. The number of rotatable bonds is 5. The molecule has 0 aromatic heterocycles. The Hall–Kier alpha value is -1.45. The van der Waals surface area contributed by atoms with Gasteiger partial charge in [-0.15, -0.1) is 0 Å². The zero-order valence-electron chi connectivity index (χ0n) is 8.17. The van der Waals surface area contributed by atoms with Crippen LogP contribution in [-0.4, -0.2) is 11.1 Å². The van der Waals surface area contributed by atoms with Crippen LogP contribution in [0.3, 0.4) is 0 Å². The fraction of sp³-hybridized carbons (Fsp3) is 0.364. The number of benzene rings is 1. The molecule has 1 aromatic carbocycles. The number of aryl methyl sites for hydroxylation is 1. The largest absolute Gasteiger partial charge is 0.481 e. The first-order chi connectivity index (χ1) is 7.11. The van der Waals surface area contributed by atoms with Crippen molar-refractivity contribution in [1.82, 2.24) is 0 Å². The normalized spacial score (nSPS) is 10.3. The molecule has 0 heterocycles. The van der Waals surface area contributed by atoms with Crippen molar-refractivity contribution in [2.24, 2.45) is 0 Å². The topological polar surface area (TPSA) is 37.3 Å². The minimum Gasteiger partial charge on any atom is -0.481 e. The first-order valence-electron chi connectivity index (χ1n) is 4.76. The molecule has 0 fully saturated rings. The number of carbonyl (C=O) groups is 1. The van der Waals surface area contributed by atoms with Crippen LogP contribution in [0, 0.1) is 11.6 Å². The second kappa shape index (κ2) is 5.44.